The molecule has 1 N–H and O–H groups in total. The number of nitrogens with zero attached hydrogens (tertiary/aromatic N) is 4. The minimum Gasteiger partial charge on any atom is -0.351 e. The molecule has 132 valence electrons. The number of benzene rings is 1. The molecule has 6 nitrogen and oxygen atoms in total. The van der Waals surface area contributed by atoms with Crippen LogP contribution in [0.3, 0.4) is 0 Å². The Balaban J connectivity index is 1.44. The highest BCUT2D eigenvalue weighted by Crippen LogP contribution is 2.23. The van der Waals surface area contributed by atoms with Crippen LogP contribution in [0.15, 0.2) is 60.6 Å². The van der Waals surface area contributed by atoms with E-state index in [1.165, 1.54) is 11.3 Å². The summed E-state index contributed by atoms with van der Waals surface area (Å²) >= 11 is 1.47. The van der Waals surface area contributed by atoms with Crippen LogP contribution in [0, 0.1) is 0 Å². The highest BCUT2D eigenvalue weighted by molar-refractivity contribution is 7.15. The predicted molar refractivity (Wildman–Crippen MR) is 102 cm³/mol. The normalized spacial score (nSPS) is 12.3. The van der Waals surface area contributed by atoms with Crippen LogP contribution < -0.4 is 5.32 Å². The summed E-state index contributed by atoms with van der Waals surface area (Å²) in [7, 11) is 0. The molecule has 0 radical (unpaired) electrons. The molecule has 0 saturated heterocycles. The van der Waals surface area contributed by atoms with E-state index < -0.39 is 0 Å². The molecule has 0 unspecified atom stereocenters. The first-order chi connectivity index (χ1) is 12.7. The van der Waals surface area contributed by atoms with Crippen LogP contribution >= 0.6 is 11.3 Å². The minimum absolute atomic E-state index is 0.0777. The van der Waals surface area contributed by atoms with Crippen molar-refractivity contribution in [1.29, 1.82) is 0 Å². The zero-order valence-corrected chi connectivity index (χ0v) is 15.2. The van der Waals surface area contributed by atoms with E-state index in [9.17, 15) is 4.79 Å². The van der Waals surface area contributed by atoms with Gasteiger partial charge in [-0.25, -0.2) is 9.97 Å². The van der Waals surface area contributed by atoms with Crippen LogP contribution in [0.5, 0.6) is 0 Å². The van der Waals surface area contributed by atoms with Crippen molar-refractivity contribution in [2.24, 2.45) is 0 Å². The van der Waals surface area contributed by atoms with Crippen LogP contribution in [0.1, 0.15) is 29.9 Å². The number of amides is 1. The molecule has 3 heterocycles. The van der Waals surface area contributed by atoms with Crippen molar-refractivity contribution in [3.8, 4) is 11.3 Å². The lowest BCUT2D eigenvalue weighted by Gasteiger charge is -2.13. The molecule has 3 aromatic heterocycles. The summed E-state index contributed by atoms with van der Waals surface area (Å²) in [6, 6.07) is 10.3. The Kier molecular flexibility index (Phi) is 4.53. The van der Waals surface area contributed by atoms with Gasteiger partial charge in [0.25, 0.3) is 5.91 Å². The molecule has 0 saturated carbocycles. The van der Waals surface area contributed by atoms with Gasteiger partial charge in [0.05, 0.1) is 12.0 Å². The van der Waals surface area contributed by atoms with E-state index in [0.29, 0.717) is 18.3 Å². The second-order valence-electron chi connectivity index (χ2n) is 6.17. The second-order valence-corrected chi connectivity index (χ2v) is 7.01. The number of carbonyl (C=O) groups is 1. The highest BCUT2D eigenvalue weighted by atomic mass is 32.1. The maximum absolute atomic E-state index is 12.6. The fraction of sp³-hybridized carbons (Fsp3) is 0.211. The third-order valence-electron chi connectivity index (χ3n) is 4.39. The summed E-state index contributed by atoms with van der Waals surface area (Å²) in [6.07, 6.45) is 8.26. The van der Waals surface area contributed by atoms with E-state index in [2.05, 4.69) is 22.2 Å². The number of rotatable bonds is 6. The van der Waals surface area contributed by atoms with Crippen LogP contribution in [0.25, 0.3) is 16.2 Å². The highest BCUT2D eigenvalue weighted by Gasteiger charge is 2.15. The number of thiazole rings is 1. The van der Waals surface area contributed by atoms with Crippen molar-refractivity contribution < 1.29 is 4.79 Å². The van der Waals surface area contributed by atoms with Crippen molar-refractivity contribution in [2.45, 2.75) is 19.4 Å². The molecule has 0 spiro atoms. The van der Waals surface area contributed by atoms with E-state index in [1.807, 2.05) is 57.1 Å². The van der Waals surface area contributed by atoms with Gasteiger partial charge in [-0.2, -0.15) is 0 Å². The monoisotopic (exact) mass is 365 g/mol. The SMILES string of the molecule is C[C@H](CCNC(=O)c1csc2nc(-c3ccccc3)cn12)n1ccnc1. The Bertz CT molecular complexity index is 1000. The first-order valence-corrected chi connectivity index (χ1v) is 9.38. The minimum atomic E-state index is -0.0777. The summed E-state index contributed by atoms with van der Waals surface area (Å²) in [5.74, 6) is -0.0777. The lowest BCUT2D eigenvalue weighted by atomic mass is 10.2. The van der Waals surface area contributed by atoms with Gasteiger partial charge in [-0.05, 0) is 13.3 Å². The van der Waals surface area contributed by atoms with Crippen molar-refractivity contribution in [2.75, 3.05) is 6.54 Å². The Hall–Kier alpha value is -2.93. The van der Waals surface area contributed by atoms with Gasteiger partial charge in [0.15, 0.2) is 4.96 Å². The van der Waals surface area contributed by atoms with Crippen LogP contribution in [-0.2, 0) is 0 Å². The average Bonchev–Trinajstić information content (AvgIpc) is 3.39. The topological polar surface area (TPSA) is 64.2 Å². The van der Waals surface area contributed by atoms with E-state index in [1.54, 1.807) is 12.5 Å². The molecule has 7 heteroatoms. The molecular formula is C19H19N5OS. The van der Waals surface area contributed by atoms with Gasteiger partial charge in [0.2, 0.25) is 0 Å². The number of hydrogen-bond donors (Lipinski definition) is 1. The number of carbonyl (C=O) groups excluding carboxylic acids is 1. The van der Waals surface area contributed by atoms with E-state index in [-0.39, 0.29) is 5.91 Å². The number of hydrogen-bond acceptors (Lipinski definition) is 4. The molecular weight excluding hydrogens is 346 g/mol. The van der Waals surface area contributed by atoms with E-state index >= 15 is 0 Å². The fourth-order valence-electron chi connectivity index (χ4n) is 2.86. The standard InChI is InChI=1S/C19H19N5OS/c1-14(23-10-9-20-13-23)7-8-21-18(25)17-12-26-19-22-16(11-24(17)19)15-5-3-2-4-6-15/h2-6,9-14H,7-8H2,1H3,(H,21,25)/t14-/m1/s1. The van der Waals surface area contributed by atoms with Crippen LogP contribution in [0.4, 0.5) is 0 Å². The second kappa shape index (κ2) is 7.13. The molecule has 1 aromatic carbocycles. The van der Waals surface area contributed by atoms with Gasteiger partial charge >= 0.3 is 0 Å². The van der Waals surface area contributed by atoms with Crippen molar-refractivity contribution >= 4 is 22.2 Å². The Morgan fingerprint density at radius 1 is 1.31 bits per heavy atom. The maximum Gasteiger partial charge on any atom is 0.269 e. The Morgan fingerprint density at radius 2 is 2.15 bits per heavy atom. The smallest absolute Gasteiger partial charge is 0.269 e. The van der Waals surface area contributed by atoms with Gasteiger partial charge in [0.1, 0.15) is 5.69 Å². The first-order valence-electron chi connectivity index (χ1n) is 8.50. The molecule has 0 bridgehead atoms. The average molecular weight is 365 g/mol. The van der Waals surface area contributed by atoms with E-state index in [4.69, 9.17) is 0 Å². The molecule has 0 aliphatic heterocycles. The third-order valence-corrected chi connectivity index (χ3v) is 5.23. The van der Waals surface area contributed by atoms with Crippen molar-refractivity contribution in [1.82, 2.24) is 24.3 Å². The summed E-state index contributed by atoms with van der Waals surface area (Å²) < 4.78 is 3.90. The Morgan fingerprint density at radius 3 is 2.92 bits per heavy atom. The van der Waals surface area contributed by atoms with Gasteiger partial charge in [-0.1, -0.05) is 30.3 Å². The van der Waals surface area contributed by atoms with Gasteiger partial charge in [-0.15, -0.1) is 11.3 Å². The van der Waals surface area contributed by atoms with Crippen molar-refractivity contribution in [3.63, 3.8) is 0 Å². The molecule has 0 fully saturated rings. The first kappa shape index (κ1) is 16.5. The Labute approximate surface area is 155 Å². The van der Waals surface area contributed by atoms with Crippen molar-refractivity contribution in [3.05, 3.63) is 66.3 Å². The zero-order valence-electron chi connectivity index (χ0n) is 14.4. The third kappa shape index (κ3) is 3.25. The quantitative estimate of drug-likeness (QED) is 0.567. The summed E-state index contributed by atoms with van der Waals surface area (Å²) in [6.45, 7) is 2.72. The van der Waals surface area contributed by atoms with Crippen LogP contribution in [-0.4, -0.2) is 31.4 Å². The van der Waals surface area contributed by atoms with Gasteiger partial charge < -0.3 is 9.88 Å². The fourth-order valence-corrected chi connectivity index (χ4v) is 3.71. The maximum atomic E-state index is 12.6. The number of nitrogens with one attached hydrogen (secondary N) is 1. The van der Waals surface area contributed by atoms with Gasteiger partial charge in [-0.3, -0.25) is 9.20 Å². The van der Waals surface area contributed by atoms with E-state index in [0.717, 1.165) is 22.6 Å². The number of imidazole rings is 2. The molecule has 4 rings (SSSR count). The lowest BCUT2D eigenvalue weighted by molar-refractivity contribution is 0.0946. The molecule has 4 aromatic rings. The molecule has 0 aliphatic carbocycles. The molecule has 0 aliphatic rings. The molecule has 1 amide bonds. The van der Waals surface area contributed by atoms with Gasteiger partial charge in [0, 0.05) is 42.1 Å². The zero-order chi connectivity index (χ0) is 17.9. The summed E-state index contributed by atoms with van der Waals surface area (Å²) in [5, 5.41) is 4.86. The summed E-state index contributed by atoms with van der Waals surface area (Å²) in [4.78, 5) is 22.1. The largest absolute Gasteiger partial charge is 0.351 e. The molecule has 26 heavy (non-hydrogen) atoms. The lowest BCUT2D eigenvalue weighted by Crippen LogP contribution is -2.27. The number of aromatic nitrogens is 4. The van der Waals surface area contributed by atoms with Crippen LogP contribution in [0.2, 0.25) is 0 Å². The number of fused-ring (bicyclic) bond motifs is 1. The predicted octanol–water partition coefficient (Wildman–Crippen LogP) is 3.64. The molecule has 1 atom stereocenters. The summed E-state index contributed by atoms with van der Waals surface area (Å²) in [5.41, 5.74) is 2.54.